The minimum atomic E-state index is -0.448. The number of ether oxygens (including phenoxy) is 2. The summed E-state index contributed by atoms with van der Waals surface area (Å²) in [6, 6.07) is 5.60. The molecule has 0 bridgehead atoms. The SMILES string of the molecule is C[C@H](OC[C@H]1CCCO1)C(=O)N1CCN(c2cc(C#N)ccn2)CC1. The third-order valence-corrected chi connectivity index (χ3v) is 4.69. The van der Waals surface area contributed by atoms with Crippen molar-refractivity contribution in [3.05, 3.63) is 23.9 Å². The molecule has 1 amide bonds. The van der Waals surface area contributed by atoms with E-state index in [-0.39, 0.29) is 12.0 Å². The molecular formula is C18H24N4O3. The fourth-order valence-electron chi connectivity index (χ4n) is 3.17. The van der Waals surface area contributed by atoms with Crippen molar-refractivity contribution in [3.63, 3.8) is 0 Å². The van der Waals surface area contributed by atoms with Gasteiger partial charge in [0.15, 0.2) is 0 Å². The highest BCUT2D eigenvalue weighted by Crippen LogP contribution is 2.16. The number of rotatable bonds is 5. The Morgan fingerprint density at radius 2 is 2.28 bits per heavy atom. The van der Waals surface area contributed by atoms with Crippen molar-refractivity contribution in [2.24, 2.45) is 0 Å². The molecule has 7 nitrogen and oxygen atoms in total. The third-order valence-electron chi connectivity index (χ3n) is 4.69. The van der Waals surface area contributed by atoms with Crippen LogP contribution in [0.25, 0.3) is 0 Å². The summed E-state index contributed by atoms with van der Waals surface area (Å²) in [5, 5.41) is 8.99. The highest BCUT2D eigenvalue weighted by atomic mass is 16.5. The van der Waals surface area contributed by atoms with Gasteiger partial charge in [-0.3, -0.25) is 4.79 Å². The molecule has 134 valence electrons. The molecule has 2 saturated heterocycles. The van der Waals surface area contributed by atoms with Crippen LogP contribution < -0.4 is 4.90 Å². The van der Waals surface area contributed by atoms with Crippen molar-refractivity contribution in [2.45, 2.75) is 32.0 Å². The zero-order chi connectivity index (χ0) is 17.6. The summed E-state index contributed by atoms with van der Waals surface area (Å²) in [6.07, 6.45) is 3.40. The average molecular weight is 344 g/mol. The second-order valence-electron chi connectivity index (χ2n) is 6.44. The predicted octanol–water partition coefficient (Wildman–Crippen LogP) is 1.19. The summed E-state index contributed by atoms with van der Waals surface area (Å²) in [7, 11) is 0. The Morgan fingerprint density at radius 1 is 1.48 bits per heavy atom. The van der Waals surface area contributed by atoms with E-state index in [2.05, 4.69) is 16.0 Å². The van der Waals surface area contributed by atoms with Gasteiger partial charge in [-0.2, -0.15) is 5.26 Å². The Hall–Kier alpha value is -2.17. The van der Waals surface area contributed by atoms with Gasteiger partial charge >= 0.3 is 0 Å². The largest absolute Gasteiger partial charge is 0.376 e. The molecule has 0 N–H and O–H groups in total. The fraction of sp³-hybridized carbons (Fsp3) is 0.611. The molecule has 3 heterocycles. The summed E-state index contributed by atoms with van der Waals surface area (Å²) >= 11 is 0. The Balaban J connectivity index is 1.47. The first-order valence-electron chi connectivity index (χ1n) is 8.80. The molecular weight excluding hydrogens is 320 g/mol. The molecule has 0 unspecified atom stereocenters. The molecule has 0 aromatic carbocycles. The number of amides is 1. The molecule has 2 fully saturated rings. The molecule has 0 aliphatic carbocycles. The predicted molar refractivity (Wildman–Crippen MR) is 92.1 cm³/mol. The topological polar surface area (TPSA) is 78.7 Å². The molecule has 25 heavy (non-hydrogen) atoms. The molecule has 3 rings (SSSR count). The summed E-state index contributed by atoms with van der Waals surface area (Å²) in [4.78, 5) is 20.8. The molecule has 2 aliphatic rings. The van der Waals surface area contributed by atoms with Gasteiger partial charge < -0.3 is 19.3 Å². The Bertz CT molecular complexity index is 631. The van der Waals surface area contributed by atoms with Crippen LogP contribution in [0, 0.1) is 11.3 Å². The summed E-state index contributed by atoms with van der Waals surface area (Å²) in [5.41, 5.74) is 0.597. The Kier molecular flexibility index (Phi) is 5.84. The minimum Gasteiger partial charge on any atom is -0.376 e. The van der Waals surface area contributed by atoms with Crippen molar-refractivity contribution >= 4 is 11.7 Å². The van der Waals surface area contributed by atoms with Crippen molar-refractivity contribution < 1.29 is 14.3 Å². The van der Waals surface area contributed by atoms with E-state index in [1.807, 2.05) is 11.8 Å². The van der Waals surface area contributed by atoms with Crippen LogP contribution in [-0.2, 0) is 14.3 Å². The van der Waals surface area contributed by atoms with Crippen molar-refractivity contribution in [1.29, 1.82) is 5.26 Å². The van der Waals surface area contributed by atoms with Crippen molar-refractivity contribution in [3.8, 4) is 6.07 Å². The molecule has 1 aromatic rings. The van der Waals surface area contributed by atoms with Gasteiger partial charge in [0.1, 0.15) is 11.9 Å². The lowest BCUT2D eigenvalue weighted by atomic mass is 10.2. The molecule has 2 atom stereocenters. The van der Waals surface area contributed by atoms with Crippen molar-refractivity contribution in [2.75, 3.05) is 44.3 Å². The highest BCUT2D eigenvalue weighted by molar-refractivity contribution is 5.80. The van der Waals surface area contributed by atoms with Gasteiger partial charge in [0.25, 0.3) is 5.91 Å². The van der Waals surface area contributed by atoms with E-state index in [0.717, 1.165) is 25.3 Å². The average Bonchev–Trinajstić information content (AvgIpc) is 3.19. The monoisotopic (exact) mass is 344 g/mol. The van der Waals surface area contributed by atoms with E-state index in [1.165, 1.54) is 0 Å². The van der Waals surface area contributed by atoms with Gasteiger partial charge in [-0.05, 0) is 31.9 Å². The van der Waals surface area contributed by atoms with E-state index < -0.39 is 6.10 Å². The van der Waals surface area contributed by atoms with Gasteiger partial charge in [-0.1, -0.05) is 0 Å². The van der Waals surface area contributed by atoms with Gasteiger partial charge in [0, 0.05) is 39.0 Å². The van der Waals surface area contributed by atoms with Crippen LogP contribution >= 0.6 is 0 Å². The van der Waals surface area contributed by atoms with E-state index in [4.69, 9.17) is 14.7 Å². The van der Waals surface area contributed by atoms with Crippen molar-refractivity contribution in [1.82, 2.24) is 9.88 Å². The second-order valence-corrected chi connectivity index (χ2v) is 6.44. The van der Waals surface area contributed by atoms with Gasteiger partial charge in [0.05, 0.1) is 24.3 Å². The van der Waals surface area contributed by atoms with Crippen LogP contribution in [-0.4, -0.2) is 67.4 Å². The molecule has 7 heteroatoms. The van der Waals surface area contributed by atoms with Gasteiger partial charge in [0.2, 0.25) is 0 Å². The van der Waals surface area contributed by atoms with Gasteiger partial charge in [-0.25, -0.2) is 4.98 Å². The minimum absolute atomic E-state index is 0.0244. The zero-order valence-corrected chi connectivity index (χ0v) is 14.6. The molecule has 1 aromatic heterocycles. The number of piperazine rings is 1. The lowest BCUT2D eigenvalue weighted by molar-refractivity contribution is -0.144. The maximum atomic E-state index is 12.5. The first-order valence-corrected chi connectivity index (χ1v) is 8.80. The summed E-state index contributed by atoms with van der Waals surface area (Å²) in [6.45, 7) is 5.74. The number of carbonyl (C=O) groups excluding carboxylic acids is 1. The molecule has 0 spiro atoms. The molecule has 2 aliphatic heterocycles. The number of hydrogen-bond donors (Lipinski definition) is 0. The smallest absolute Gasteiger partial charge is 0.251 e. The van der Waals surface area contributed by atoms with Crippen LogP contribution in [0.1, 0.15) is 25.3 Å². The lowest BCUT2D eigenvalue weighted by Crippen LogP contribution is -2.51. The van der Waals surface area contributed by atoms with Crippen LogP contribution in [0.2, 0.25) is 0 Å². The zero-order valence-electron chi connectivity index (χ0n) is 14.6. The molecule has 0 saturated carbocycles. The highest BCUT2D eigenvalue weighted by Gasteiger charge is 2.27. The lowest BCUT2D eigenvalue weighted by Gasteiger charge is -2.36. The standard InChI is InChI=1S/C18H24N4O3/c1-14(25-13-16-3-2-10-24-16)18(23)22-8-6-21(7-9-22)17-11-15(12-19)4-5-20-17/h4-5,11,14,16H,2-3,6-10,13H2,1H3/t14-,16+/m0/s1. The number of pyridine rings is 1. The number of nitriles is 1. The Morgan fingerprint density at radius 3 is 2.96 bits per heavy atom. The number of anilines is 1. The normalized spacial score (nSPS) is 21.8. The second kappa shape index (κ2) is 8.28. The van der Waals surface area contributed by atoms with E-state index >= 15 is 0 Å². The fourth-order valence-corrected chi connectivity index (χ4v) is 3.17. The number of carbonyl (C=O) groups is 1. The van der Waals surface area contributed by atoms with E-state index in [9.17, 15) is 4.79 Å². The Labute approximate surface area is 148 Å². The summed E-state index contributed by atoms with van der Waals surface area (Å²) < 4.78 is 11.2. The number of aromatic nitrogens is 1. The number of hydrogen-bond acceptors (Lipinski definition) is 6. The quantitative estimate of drug-likeness (QED) is 0.798. The maximum Gasteiger partial charge on any atom is 0.251 e. The third kappa shape index (κ3) is 4.47. The van der Waals surface area contributed by atoms with Crippen LogP contribution in [0.3, 0.4) is 0 Å². The molecule has 0 radical (unpaired) electrons. The number of nitrogens with zero attached hydrogens (tertiary/aromatic N) is 4. The first-order chi connectivity index (χ1) is 12.2. The maximum absolute atomic E-state index is 12.5. The van der Waals surface area contributed by atoms with Crippen LogP contribution in [0.4, 0.5) is 5.82 Å². The van der Waals surface area contributed by atoms with E-state index in [0.29, 0.717) is 38.3 Å². The van der Waals surface area contributed by atoms with Crippen LogP contribution in [0.15, 0.2) is 18.3 Å². The first kappa shape index (κ1) is 17.6. The van der Waals surface area contributed by atoms with Crippen LogP contribution in [0.5, 0.6) is 0 Å². The van der Waals surface area contributed by atoms with Gasteiger partial charge in [-0.15, -0.1) is 0 Å². The summed E-state index contributed by atoms with van der Waals surface area (Å²) in [5.74, 6) is 0.810. The van der Waals surface area contributed by atoms with E-state index in [1.54, 1.807) is 18.3 Å².